The third-order valence-corrected chi connectivity index (χ3v) is 5.36. The zero-order valence-electron chi connectivity index (χ0n) is 17.6. The number of ether oxygens (including phenoxy) is 1. The van der Waals surface area contributed by atoms with E-state index in [2.05, 4.69) is 22.1 Å². The molecule has 31 heavy (non-hydrogen) atoms. The molecule has 4 rings (SSSR count). The number of amides is 1. The van der Waals surface area contributed by atoms with Gasteiger partial charge in [-0.05, 0) is 23.8 Å². The average molecular weight is 417 g/mol. The molecular formula is C25H28N4O2. The molecule has 1 aliphatic rings. The van der Waals surface area contributed by atoms with E-state index in [0.717, 1.165) is 50.6 Å². The van der Waals surface area contributed by atoms with Crippen molar-refractivity contribution in [2.45, 2.75) is 6.54 Å². The summed E-state index contributed by atoms with van der Waals surface area (Å²) in [5.41, 5.74) is 2.13. The van der Waals surface area contributed by atoms with Crippen LogP contribution in [0.1, 0.15) is 11.1 Å². The Hall–Kier alpha value is -3.38. The molecule has 1 aromatic heterocycles. The summed E-state index contributed by atoms with van der Waals surface area (Å²) in [4.78, 5) is 16.8. The quantitative estimate of drug-likeness (QED) is 0.530. The lowest BCUT2D eigenvalue weighted by Gasteiger charge is -2.34. The second-order valence-electron chi connectivity index (χ2n) is 7.62. The number of hydrogen-bond acceptors (Lipinski definition) is 4. The van der Waals surface area contributed by atoms with Gasteiger partial charge in [0.2, 0.25) is 5.91 Å². The Balaban J connectivity index is 1.19. The first-order valence-electron chi connectivity index (χ1n) is 10.7. The number of piperazine rings is 1. The van der Waals surface area contributed by atoms with Crippen molar-refractivity contribution in [2.75, 3.05) is 39.3 Å². The van der Waals surface area contributed by atoms with E-state index >= 15 is 0 Å². The summed E-state index contributed by atoms with van der Waals surface area (Å²) in [6.07, 6.45) is 7.24. The molecule has 0 unspecified atom stereocenters. The van der Waals surface area contributed by atoms with Gasteiger partial charge in [0.05, 0.1) is 12.7 Å². The molecule has 3 aromatic rings. The van der Waals surface area contributed by atoms with Gasteiger partial charge in [-0.1, -0.05) is 48.5 Å². The molecule has 0 N–H and O–H groups in total. The highest BCUT2D eigenvalue weighted by molar-refractivity contribution is 5.91. The van der Waals surface area contributed by atoms with Crippen molar-refractivity contribution >= 4 is 12.0 Å². The zero-order valence-corrected chi connectivity index (χ0v) is 17.6. The maximum atomic E-state index is 12.5. The predicted molar refractivity (Wildman–Crippen MR) is 122 cm³/mol. The van der Waals surface area contributed by atoms with Crippen LogP contribution in [0, 0.1) is 0 Å². The fraction of sp³-hybridized carbons (Fsp3) is 0.280. The number of carbonyl (C=O) groups excluding carboxylic acids is 1. The van der Waals surface area contributed by atoms with Crippen molar-refractivity contribution in [2.24, 2.45) is 0 Å². The molecule has 1 amide bonds. The molecule has 0 spiro atoms. The van der Waals surface area contributed by atoms with Crippen LogP contribution in [0.15, 0.2) is 79.1 Å². The van der Waals surface area contributed by atoms with Crippen molar-refractivity contribution in [3.8, 4) is 5.75 Å². The monoisotopic (exact) mass is 416 g/mol. The largest absolute Gasteiger partial charge is 0.492 e. The van der Waals surface area contributed by atoms with Gasteiger partial charge in [0.1, 0.15) is 12.4 Å². The van der Waals surface area contributed by atoms with Gasteiger partial charge in [0.15, 0.2) is 0 Å². The Morgan fingerprint density at radius 1 is 0.968 bits per heavy atom. The zero-order chi connectivity index (χ0) is 21.3. The van der Waals surface area contributed by atoms with Crippen LogP contribution in [-0.2, 0) is 11.3 Å². The van der Waals surface area contributed by atoms with Crippen LogP contribution in [0.4, 0.5) is 0 Å². The Bertz CT molecular complexity index is 977. The molecular weight excluding hydrogens is 388 g/mol. The second kappa shape index (κ2) is 10.6. The van der Waals surface area contributed by atoms with E-state index in [1.165, 1.54) is 5.56 Å². The summed E-state index contributed by atoms with van der Waals surface area (Å²) in [6.45, 7) is 5.46. The summed E-state index contributed by atoms with van der Waals surface area (Å²) in [5.74, 6) is 0.949. The maximum absolute atomic E-state index is 12.5. The van der Waals surface area contributed by atoms with Gasteiger partial charge >= 0.3 is 0 Å². The van der Waals surface area contributed by atoms with Crippen molar-refractivity contribution in [3.05, 3.63) is 90.3 Å². The smallest absolute Gasteiger partial charge is 0.246 e. The van der Waals surface area contributed by atoms with Gasteiger partial charge in [-0.15, -0.1) is 0 Å². The summed E-state index contributed by atoms with van der Waals surface area (Å²) in [7, 11) is 0. The average Bonchev–Trinajstić information content (AvgIpc) is 3.26. The Morgan fingerprint density at radius 3 is 2.42 bits per heavy atom. The number of aromatic nitrogens is 2. The third kappa shape index (κ3) is 6.30. The fourth-order valence-corrected chi connectivity index (χ4v) is 3.60. The Kier molecular flexibility index (Phi) is 7.13. The number of hydrogen-bond donors (Lipinski definition) is 0. The van der Waals surface area contributed by atoms with E-state index in [1.54, 1.807) is 12.3 Å². The number of rotatable bonds is 8. The highest BCUT2D eigenvalue weighted by Gasteiger charge is 2.19. The SMILES string of the molecule is O=C(C=Cc1cnn(Cc2ccccc2)c1)N1CCN(CCOc2ccccc2)CC1. The first-order chi connectivity index (χ1) is 15.3. The van der Waals surface area contributed by atoms with E-state index in [-0.39, 0.29) is 5.91 Å². The predicted octanol–water partition coefficient (Wildman–Crippen LogP) is 3.17. The minimum atomic E-state index is 0.0518. The molecule has 0 atom stereocenters. The minimum Gasteiger partial charge on any atom is -0.492 e. The lowest BCUT2D eigenvalue weighted by molar-refractivity contribution is -0.127. The van der Waals surface area contributed by atoms with E-state index < -0.39 is 0 Å². The van der Waals surface area contributed by atoms with Gasteiger partial charge in [-0.2, -0.15) is 5.10 Å². The highest BCUT2D eigenvalue weighted by atomic mass is 16.5. The van der Waals surface area contributed by atoms with Gasteiger partial charge in [-0.3, -0.25) is 14.4 Å². The normalized spacial score (nSPS) is 14.8. The lowest BCUT2D eigenvalue weighted by atomic mass is 10.2. The van der Waals surface area contributed by atoms with E-state index in [4.69, 9.17) is 4.74 Å². The second-order valence-corrected chi connectivity index (χ2v) is 7.62. The standard InChI is InChI=1S/C25H28N4O2/c30-25(12-11-23-19-26-29(21-23)20-22-7-3-1-4-8-22)28-15-13-27(14-16-28)17-18-31-24-9-5-2-6-10-24/h1-12,19,21H,13-18,20H2. The van der Waals surface area contributed by atoms with Crippen LogP contribution < -0.4 is 4.74 Å². The van der Waals surface area contributed by atoms with Gasteiger partial charge < -0.3 is 9.64 Å². The molecule has 0 saturated carbocycles. The minimum absolute atomic E-state index is 0.0518. The van der Waals surface area contributed by atoms with E-state index in [9.17, 15) is 4.79 Å². The van der Waals surface area contributed by atoms with Crippen molar-refractivity contribution < 1.29 is 9.53 Å². The van der Waals surface area contributed by atoms with Crippen molar-refractivity contribution in [1.29, 1.82) is 0 Å². The molecule has 1 fully saturated rings. The number of para-hydroxylation sites is 1. The number of carbonyl (C=O) groups is 1. The van der Waals surface area contributed by atoms with Crippen LogP contribution >= 0.6 is 0 Å². The molecule has 0 aliphatic carbocycles. The molecule has 160 valence electrons. The van der Waals surface area contributed by atoms with E-state index in [0.29, 0.717) is 6.61 Å². The molecule has 0 radical (unpaired) electrons. The van der Waals surface area contributed by atoms with Crippen LogP contribution in [0.2, 0.25) is 0 Å². The van der Waals surface area contributed by atoms with Crippen LogP contribution in [0.5, 0.6) is 5.75 Å². The Labute approximate surface area is 183 Å². The summed E-state index contributed by atoms with van der Waals surface area (Å²) >= 11 is 0. The maximum Gasteiger partial charge on any atom is 0.246 e. The first kappa shape index (κ1) is 20.9. The molecule has 0 bridgehead atoms. The first-order valence-corrected chi connectivity index (χ1v) is 10.7. The topological polar surface area (TPSA) is 50.6 Å². The lowest BCUT2D eigenvalue weighted by Crippen LogP contribution is -2.49. The number of benzene rings is 2. The van der Waals surface area contributed by atoms with E-state index in [1.807, 2.05) is 70.4 Å². The molecule has 6 heteroatoms. The van der Waals surface area contributed by atoms with Gasteiger partial charge in [0, 0.05) is 50.6 Å². The highest BCUT2D eigenvalue weighted by Crippen LogP contribution is 2.10. The molecule has 2 heterocycles. The molecule has 1 aliphatic heterocycles. The third-order valence-electron chi connectivity index (χ3n) is 5.36. The fourth-order valence-electron chi connectivity index (χ4n) is 3.60. The van der Waals surface area contributed by atoms with Gasteiger partial charge in [0.25, 0.3) is 0 Å². The van der Waals surface area contributed by atoms with Crippen molar-refractivity contribution in [3.63, 3.8) is 0 Å². The van der Waals surface area contributed by atoms with Crippen molar-refractivity contribution in [1.82, 2.24) is 19.6 Å². The molecule has 1 saturated heterocycles. The van der Waals surface area contributed by atoms with Crippen LogP contribution in [-0.4, -0.2) is 64.8 Å². The van der Waals surface area contributed by atoms with Crippen LogP contribution in [0.3, 0.4) is 0 Å². The van der Waals surface area contributed by atoms with Crippen LogP contribution in [0.25, 0.3) is 6.08 Å². The van der Waals surface area contributed by atoms with Gasteiger partial charge in [-0.25, -0.2) is 0 Å². The summed E-state index contributed by atoms with van der Waals surface area (Å²) in [6, 6.07) is 20.1. The molecule has 6 nitrogen and oxygen atoms in total. The number of nitrogens with zero attached hydrogens (tertiary/aromatic N) is 4. The summed E-state index contributed by atoms with van der Waals surface area (Å²) < 4.78 is 7.65. The summed E-state index contributed by atoms with van der Waals surface area (Å²) in [5, 5.41) is 4.38. The molecule has 2 aromatic carbocycles. The Morgan fingerprint density at radius 2 is 1.68 bits per heavy atom.